The van der Waals surface area contributed by atoms with Gasteiger partial charge in [0.05, 0.1) is 5.69 Å². The zero-order chi connectivity index (χ0) is 11.4. The molecule has 2 heteroatoms. The Morgan fingerprint density at radius 1 is 1.19 bits per heavy atom. The smallest absolute Gasteiger partial charge is 0.0629 e. The molecule has 2 rings (SSSR count). The maximum absolute atomic E-state index is 6.19. The average molecular weight is 232 g/mol. The van der Waals surface area contributed by atoms with Gasteiger partial charge in [0.1, 0.15) is 0 Å². The van der Waals surface area contributed by atoms with E-state index in [1.54, 1.807) is 0 Å². The Morgan fingerprint density at radius 3 is 2.69 bits per heavy atom. The van der Waals surface area contributed by atoms with Gasteiger partial charge in [0.15, 0.2) is 0 Å². The molecule has 82 valence electrons. The molecule has 1 aromatic rings. The summed E-state index contributed by atoms with van der Waals surface area (Å²) in [5.41, 5.74) is 3.08. The summed E-state index contributed by atoms with van der Waals surface area (Å²) in [6, 6.07) is 9.88. The lowest BCUT2D eigenvalue weighted by atomic mass is 9.97. The topological polar surface area (TPSA) is 12.4 Å². The Labute approximate surface area is 101 Å². The number of benzene rings is 1. The standard InChI is InChI=1S/C14H14ClN/c1-11-6-5-7-12(14(11)15)10-16-13-8-3-2-4-9-13/h2-4,8-10H,1,5-7H2. The summed E-state index contributed by atoms with van der Waals surface area (Å²) in [4.78, 5) is 4.41. The van der Waals surface area contributed by atoms with E-state index in [-0.39, 0.29) is 0 Å². The quantitative estimate of drug-likeness (QED) is 0.659. The summed E-state index contributed by atoms with van der Waals surface area (Å²) in [5.74, 6) is 0. The van der Waals surface area contributed by atoms with Crippen LogP contribution in [0.25, 0.3) is 0 Å². The molecule has 0 bridgehead atoms. The van der Waals surface area contributed by atoms with Gasteiger partial charge in [0.25, 0.3) is 0 Å². The largest absolute Gasteiger partial charge is 0.257 e. The van der Waals surface area contributed by atoms with Gasteiger partial charge in [0.2, 0.25) is 0 Å². The van der Waals surface area contributed by atoms with Crippen LogP contribution in [0.4, 0.5) is 5.69 Å². The highest BCUT2D eigenvalue weighted by Crippen LogP contribution is 2.30. The number of nitrogens with zero attached hydrogens (tertiary/aromatic N) is 1. The van der Waals surface area contributed by atoms with Gasteiger partial charge in [-0.05, 0) is 42.5 Å². The lowest BCUT2D eigenvalue weighted by Gasteiger charge is -2.14. The van der Waals surface area contributed by atoms with Crippen molar-refractivity contribution in [3.8, 4) is 0 Å². The molecule has 0 N–H and O–H groups in total. The SMILES string of the molecule is C=C1CCCC(C=Nc2ccccc2)=C1Cl. The molecule has 0 radical (unpaired) electrons. The molecule has 1 nitrogen and oxygen atoms in total. The minimum absolute atomic E-state index is 0.797. The molecule has 0 heterocycles. The van der Waals surface area contributed by atoms with Gasteiger partial charge in [-0.1, -0.05) is 36.4 Å². The molecular formula is C14H14ClN. The van der Waals surface area contributed by atoms with E-state index in [2.05, 4.69) is 11.6 Å². The third-order valence-corrected chi connectivity index (χ3v) is 3.15. The highest BCUT2D eigenvalue weighted by Gasteiger charge is 2.12. The van der Waals surface area contributed by atoms with Crippen LogP contribution in [0.2, 0.25) is 0 Å². The van der Waals surface area contributed by atoms with Gasteiger partial charge < -0.3 is 0 Å². The Bertz CT molecular complexity index is 443. The second-order valence-electron chi connectivity index (χ2n) is 3.89. The maximum atomic E-state index is 6.19. The first-order chi connectivity index (χ1) is 7.77. The van der Waals surface area contributed by atoms with Crippen molar-refractivity contribution >= 4 is 23.5 Å². The summed E-state index contributed by atoms with van der Waals surface area (Å²) in [7, 11) is 0. The Kier molecular flexibility index (Phi) is 3.58. The summed E-state index contributed by atoms with van der Waals surface area (Å²) in [5, 5.41) is 0.797. The summed E-state index contributed by atoms with van der Waals surface area (Å²) in [6.07, 6.45) is 4.98. The highest BCUT2D eigenvalue weighted by atomic mass is 35.5. The maximum Gasteiger partial charge on any atom is 0.0629 e. The zero-order valence-electron chi connectivity index (χ0n) is 9.12. The number of aliphatic imine (C=N–C) groups is 1. The van der Waals surface area contributed by atoms with Crippen molar-refractivity contribution < 1.29 is 0 Å². The Balaban J connectivity index is 2.18. The fourth-order valence-electron chi connectivity index (χ4n) is 1.73. The second-order valence-corrected chi connectivity index (χ2v) is 4.27. The second kappa shape index (κ2) is 5.13. The third-order valence-electron chi connectivity index (χ3n) is 2.64. The van der Waals surface area contributed by atoms with Crippen molar-refractivity contribution in [2.24, 2.45) is 4.99 Å². The normalized spacial score (nSPS) is 17.2. The third kappa shape index (κ3) is 2.61. The van der Waals surface area contributed by atoms with Crippen molar-refractivity contribution in [3.05, 3.63) is 53.1 Å². The van der Waals surface area contributed by atoms with Gasteiger partial charge in [-0.3, -0.25) is 4.99 Å². The monoisotopic (exact) mass is 231 g/mol. The lowest BCUT2D eigenvalue weighted by molar-refractivity contribution is 0.803. The zero-order valence-corrected chi connectivity index (χ0v) is 9.87. The first-order valence-corrected chi connectivity index (χ1v) is 5.81. The van der Waals surface area contributed by atoms with Crippen LogP contribution in [0, 0.1) is 0 Å². The molecule has 0 fully saturated rings. The number of hydrogen-bond donors (Lipinski definition) is 0. The molecule has 0 amide bonds. The average Bonchev–Trinajstić information content (AvgIpc) is 2.32. The van der Waals surface area contributed by atoms with Crippen LogP contribution < -0.4 is 0 Å². The molecule has 0 atom stereocenters. The van der Waals surface area contributed by atoms with Crippen molar-refractivity contribution in [1.82, 2.24) is 0 Å². The van der Waals surface area contributed by atoms with Crippen LogP contribution in [0.3, 0.4) is 0 Å². The van der Waals surface area contributed by atoms with Crippen molar-refractivity contribution in [2.45, 2.75) is 19.3 Å². The highest BCUT2D eigenvalue weighted by molar-refractivity contribution is 6.33. The number of halogens is 1. The fraction of sp³-hybridized carbons (Fsp3) is 0.214. The molecule has 16 heavy (non-hydrogen) atoms. The van der Waals surface area contributed by atoms with E-state index in [0.717, 1.165) is 41.1 Å². The molecule has 0 aromatic heterocycles. The minimum Gasteiger partial charge on any atom is -0.257 e. The molecule has 0 spiro atoms. The number of allylic oxidation sites excluding steroid dienone is 3. The first kappa shape index (κ1) is 11.2. The molecule has 0 saturated carbocycles. The van der Waals surface area contributed by atoms with Crippen LogP contribution in [-0.4, -0.2) is 6.21 Å². The summed E-state index contributed by atoms with van der Waals surface area (Å²) in [6.45, 7) is 3.95. The predicted molar refractivity (Wildman–Crippen MR) is 70.5 cm³/mol. The van der Waals surface area contributed by atoms with Gasteiger partial charge in [-0.2, -0.15) is 0 Å². The van der Waals surface area contributed by atoms with E-state index in [4.69, 9.17) is 11.6 Å². The van der Waals surface area contributed by atoms with E-state index in [1.807, 2.05) is 36.5 Å². The Morgan fingerprint density at radius 2 is 1.94 bits per heavy atom. The van der Waals surface area contributed by atoms with E-state index in [1.165, 1.54) is 0 Å². The molecule has 1 aliphatic rings. The van der Waals surface area contributed by atoms with Crippen LogP contribution >= 0.6 is 11.6 Å². The van der Waals surface area contributed by atoms with Gasteiger partial charge >= 0.3 is 0 Å². The summed E-state index contributed by atoms with van der Waals surface area (Å²) < 4.78 is 0. The summed E-state index contributed by atoms with van der Waals surface area (Å²) >= 11 is 6.19. The molecule has 0 saturated heterocycles. The van der Waals surface area contributed by atoms with Crippen LogP contribution in [0.5, 0.6) is 0 Å². The molecule has 0 unspecified atom stereocenters. The van der Waals surface area contributed by atoms with Crippen molar-refractivity contribution in [1.29, 1.82) is 0 Å². The molecule has 1 aliphatic carbocycles. The fourth-order valence-corrected chi connectivity index (χ4v) is 1.96. The Hall–Kier alpha value is -1.34. The van der Waals surface area contributed by atoms with Crippen molar-refractivity contribution in [2.75, 3.05) is 0 Å². The predicted octanol–water partition coefficient (Wildman–Crippen LogP) is 4.62. The van der Waals surface area contributed by atoms with E-state index in [0.29, 0.717) is 0 Å². The molecular weight excluding hydrogens is 218 g/mol. The van der Waals surface area contributed by atoms with E-state index < -0.39 is 0 Å². The number of hydrogen-bond acceptors (Lipinski definition) is 1. The van der Waals surface area contributed by atoms with E-state index >= 15 is 0 Å². The first-order valence-electron chi connectivity index (χ1n) is 5.43. The number of para-hydroxylation sites is 1. The minimum atomic E-state index is 0.797. The van der Waals surface area contributed by atoms with Gasteiger partial charge in [0, 0.05) is 11.2 Å². The van der Waals surface area contributed by atoms with Crippen LogP contribution in [0.15, 0.2) is 58.1 Å². The van der Waals surface area contributed by atoms with Crippen LogP contribution in [-0.2, 0) is 0 Å². The number of rotatable bonds is 2. The molecule has 0 aliphatic heterocycles. The van der Waals surface area contributed by atoms with Gasteiger partial charge in [-0.25, -0.2) is 0 Å². The van der Waals surface area contributed by atoms with Crippen LogP contribution in [0.1, 0.15) is 19.3 Å². The molecule has 1 aromatic carbocycles. The lowest BCUT2D eigenvalue weighted by Crippen LogP contribution is -1.99. The van der Waals surface area contributed by atoms with Gasteiger partial charge in [-0.15, -0.1) is 0 Å². The van der Waals surface area contributed by atoms with Crippen molar-refractivity contribution in [3.63, 3.8) is 0 Å². The van der Waals surface area contributed by atoms with E-state index in [9.17, 15) is 0 Å².